The fourth-order valence-electron chi connectivity index (χ4n) is 1.74. The number of ketones is 1. The normalized spacial score (nSPS) is 11.4. The summed E-state index contributed by atoms with van der Waals surface area (Å²) in [7, 11) is 0. The molecule has 24 heavy (non-hydrogen) atoms. The molecule has 1 aromatic heterocycles. The SMILES string of the molecule is Cc1csc([C@H](C#N)C(=O)COC(=O)COc2ccccc2Cl)n1. The molecule has 0 saturated carbocycles. The number of carbonyl (C=O) groups excluding carboxylic acids is 2. The molecule has 6 nitrogen and oxygen atoms in total. The summed E-state index contributed by atoms with van der Waals surface area (Å²) in [5.41, 5.74) is 0.730. The zero-order valence-electron chi connectivity index (χ0n) is 12.7. The molecule has 1 heterocycles. The van der Waals surface area contributed by atoms with Crippen LogP contribution in [-0.4, -0.2) is 30.0 Å². The average molecular weight is 365 g/mol. The van der Waals surface area contributed by atoms with E-state index >= 15 is 0 Å². The first-order valence-electron chi connectivity index (χ1n) is 6.88. The lowest BCUT2D eigenvalue weighted by Gasteiger charge is -2.09. The summed E-state index contributed by atoms with van der Waals surface area (Å²) >= 11 is 7.11. The van der Waals surface area contributed by atoms with Crippen LogP contribution in [0.4, 0.5) is 0 Å². The van der Waals surface area contributed by atoms with Crippen molar-refractivity contribution in [3.8, 4) is 11.8 Å². The lowest BCUT2D eigenvalue weighted by Crippen LogP contribution is -2.22. The quantitative estimate of drug-likeness (QED) is 0.702. The Morgan fingerprint density at radius 3 is 2.75 bits per heavy atom. The molecule has 0 aliphatic carbocycles. The molecule has 1 aromatic carbocycles. The van der Waals surface area contributed by atoms with E-state index in [9.17, 15) is 9.59 Å². The number of halogens is 1. The number of benzene rings is 1. The van der Waals surface area contributed by atoms with E-state index in [1.165, 1.54) is 11.3 Å². The molecule has 2 aromatic rings. The van der Waals surface area contributed by atoms with Crippen molar-refractivity contribution in [3.63, 3.8) is 0 Å². The highest BCUT2D eigenvalue weighted by molar-refractivity contribution is 7.09. The Bertz CT molecular complexity index is 784. The summed E-state index contributed by atoms with van der Waals surface area (Å²) in [6.45, 7) is 0.872. The minimum absolute atomic E-state index is 0.343. The van der Waals surface area contributed by atoms with Crippen LogP contribution < -0.4 is 4.74 Å². The predicted octanol–water partition coefficient (Wildman–Crippen LogP) is 2.90. The first kappa shape index (κ1) is 17.9. The molecule has 0 radical (unpaired) electrons. The maximum Gasteiger partial charge on any atom is 0.344 e. The van der Waals surface area contributed by atoms with E-state index in [1.807, 2.05) is 6.07 Å². The Morgan fingerprint density at radius 2 is 2.12 bits per heavy atom. The number of thiazole rings is 1. The molecule has 2 rings (SSSR count). The third-order valence-corrected chi connectivity index (χ3v) is 4.23. The fraction of sp³-hybridized carbons (Fsp3) is 0.250. The topological polar surface area (TPSA) is 89.3 Å². The molecular formula is C16H13ClN2O4S. The molecular weight excluding hydrogens is 352 g/mol. The predicted molar refractivity (Wildman–Crippen MR) is 88.1 cm³/mol. The van der Waals surface area contributed by atoms with Crippen molar-refractivity contribution in [3.05, 3.63) is 45.4 Å². The number of aromatic nitrogens is 1. The van der Waals surface area contributed by atoms with Crippen LogP contribution in [-0.2, 0) is 14.3 Å². The zero-order chi connectivity index (χ0) is 17.5. The monoisotopic (exact) mass is 364 g/mol. The third-order valence-electron chi connectivity index (χ3n) is 2.89. The lowest BCUT2D eigenvalue weighted by atomic mass is 10.1. The van der Waals surface area contributed by atoms with Gasteiger partial charge in [0.05, 0.1) is 11.1 Å². The van der Waals surface area contributed by atoms with Gasteiger partial charge in [-0.15, -0.1) is 11.3 Å². The zero-order valence-corrected chi connectivity index (χ0v) is 14.3. The molecule has 1 atom stereocenters. The first-order chi connectivity index (χ1) is 11.5. The Hall–Kier alpha value is -2.43. The lowest BCUT2D eigenvalue weighted by molar-refractivity contribution is -0.150. The molecule has 8 heteroatoms. The van der Waals surface area contributed by atoms with E-state index in [0.29, 0.717) is 15.8 Å². The van der Waals surface area contributed by atoms with E-state index in [-0.39, 0.29) is 6.61 Å². The summed E-state index contributed by atoms with van der Waals surface area (Å²) in [6, 6.07) is 8.55. The van der Waals surface area contributed by atoms with Crippen LogP contribution in [0.2, 0.25) is 5.02 Å². The number of para-hydroxylation sites is 1. The van der Waals surface area contributed by atoms with Gasteiger partial charge in [-0.25, -0.2) is 9.78 Å². The Labute approximate surface area is 147 Å². The van der Waals surface area contributed by atoms with Gasteiger partial charge in [0.25, 0.3) is 0 Å². The Balaban J connectivity index is 1.83. The number of rotatable bonds is 7. The molecule has 0 aliphatic heterocycles. The van der Waals surface area contributed by atoms with E-state index in [1.54, 1.807) is 36.6 Å². The second-order valence-electron chi connectivity index (χ2n) is 4.74. The maximum absolute atomic E-state index is 12.0. The van der Waals surface area contributed by atoms with Crippen LogP contribution in [0.25, 0.3) is 0 Å². The molecule has 124 valence electrons. The standard InChI is InChI=1S/C16H13ClN2O4S/c1-10-9-24-16(19-10)11(6-18)13(20)7-23-15(21)8-22-14-5-3-2-4-12(14)17/h2-5,9,11H,7-8H2,1H3/t11-/m1/s1. The smallest absolute Gasteiger partial charge is 0.344 e. The molecule has 0 saturated heterocycles. The van der Waals surface area contributed by atoms with Crippen LogP contribution >= 0.6 is 22.9 Å². The van der Waals surface area contributed by atoms with Crippen molar-refractivity contribution in [2.45, 2.75) is 12.8 Å². The largest absolute Gasteiger partial charge is 0.480 e. The minimum atomic E-state index is -1.04. The Kier molecular flexibility index (Phi) is 6.29. The number of ether oxygens (including phenoxy) is 2. The third kappa shape index (κ3) is 4.78. The number of hydrogen-bond donors (Lipinski definition) is 0. The van der Waals surface area contributed by atoms with Crippen molar-refractivity contribution in [2.24, 2.45) is 0 Å². The summed E-state index contributed by atoms with van der Waals surface area (Å²) in [6.07, 6.45) is 0. The molecule has 0 amide bonds. The summed E-state index contributed by atoms with van der Waals surface area (Å²) in [4.78, 5) is 27.8. The van der Waals surface area contributed by atoms with Crippen LogP contribution in [0.15, 0.2) is 29.6 Å². The number of nitriles is 1. The van der Waals surface area contributed by atoms with Crippen LogP contribution in [0.1, 0.15) is 16.6 Å². The number of aryl methyl sites for hydroxylation is 1. The molecule has 0 unspecified atom stereocenters. The summed E-state index contributed by atoms with van der Waals surface area (Å²) in [5, 5.41) is 11.6. The van der Waals surface area contributed by atoms with Gasteiger partial charge in [0.2, 0.25) is 0 Å². The van der Waals surface area contributed by atoms with Gasteiger partial charge in [0, 0.05) is 11.1 Å². The number of nitrogens with zero attached hydrogens (tertiary/aromatic N) is 2. The van der Waals surface area contributed by atoms with Crippen LogP contribution in [0.5, 0.6) is 5.75 Å². The average Bonchev–Trinajstić information content (AvgIpc) is 2.99. The first-order valence-corrected chi connectivity index (χ1v) is 8.14. The van der Waals surface area contributed by atoms with Crippen LogP contribution in [0.3, 0.4) is 0 Å². The molecule has 0 N–H and O–H groups in total. The number of hydrogen-bond acceptors (Lipinski definition) is 7. The van der Waals surface area contributed by atoms with Gasteiger partial charge in [-0.2, -0.15) is 5.26 Å². The highest BCUT2D eigenvalue weighted by Crippen LogP contribution is 2.23. The van der Waals surface area contributed by atoms with Crippen molar-refractivity contribution in [2.75, 3.05) is 13.2 Å². The van der Waals surface area contributed by atoms with E-state index < -0.39 is 24.3 Å². The molecule has 0 aliphatic rings. The van der Waals surface area contributed by atoms with E-state index in [0.717, 1.165) is 5.69 Å². The maximum atomic E-state index is 12.0. The number of carbonyl (C=O) groups is 2. The van der Waals surface area contributed by atoms with Gasteiger partial charge in [-0.3, -0.25) is 4.79 Å². The fourth-order valence-corrected chi connectivity index (χ4v) is 2.80. The summed E-state index contributed by atoms with van der Waals surface area (Å²) in [5.74, 6) is -1.95. The highest BCUT2D eigenvalue weighted by Gasteiger charge is 2.24. The van der Waals surface area contributed by atoms with Crippen LogP contribution in [0, 0.1) is 18.3 Å². The van der Waals surface area contributed by atoms with Gasteiger partial charge in [-0.05, 0) is 19.1 Å². The molecule has 0 bridgehead atoms. The van der Waals surface area contributed by atoms with E-state index in [4.69, 9.17) is 26.3 Å². The second-order valence-corrected chi connectivity index (χ2v) is 6.03. The van der Waals surface area contributed by atoms with Crippen molar-refractivity contribution in [1.29, 1.82) is 5.26 Å². The van der Waals surface area contributed by atoms with Gasteiger partial charge in [-0.1, -0.05) is 23.7 Å². The van der Waals surface area contributed by atoms with Gasteiger partial charge >= 0.3 is 5.97 Å². The molecule has 0 spiro atoms. The van der Waals surface area contributed by atoms with Crippen molar-refractivity contribution >= 4 is 34.7 Å². The van der Waals surface area contributed by atoms with Gasteiger partial charge in [0.1, 0.15) is 10.8 Å². The molecule has 0 fully saturated rings. The summed E-state index contributed by atoms with van der Waals surface area (Å²) < 4.78 is 10.1. The van der Waals surface area contributed by atoms with Gasteiger partial charge in [0.15, 0.2) is 24.9 Å². The van der Waals surface area contributed by atoms with Crippen molar-refractivity contribution in [1.82, 2.24) is 4.98 Å². The van der Waals surface area contributed by atoms with E-state index in [2.05, 4.69) is 4.98 Å². The number of Topliss-reactive ketones (excluding diaryl/α,β-unsaturated/α-hetero) is 1. The number of esters is 1. The second kappa shape index (κ2) is 8.43. The minimum Gasteiger partial charge on any atom is -0.480 e. The Morgan fingerprint density at radius 1 is 1.38 bits per heavy atom. The van der Waals surface area contributed by atoms with Crippen molar-refractivity contribution < 1.29 is 19.1 Å². The van der Waals surface area contributed by atoms with Gasteiger partial charge < -0.3 is 9.47 Å². The highest BCUT2D eigenvalue weighted by atomic mass is 35.5.